The van der Waals surface area contributed by atoms with Gasteiger partial charge >= 0.3 is 7.60 Å². The minimum Gasteiger partial charge on any atom is -0.309 e. The van der Waals surface area contributed by atoms with Crippen LogP contribution in [0.5, 0.6) is 0 Å². The first kappa shape index (κ1) is 12.2. The molecule has 0 aliphatic heterocycles. The third kappa shape index (κ3) is 4.97. The topological polar surface area (TPSA) is 35.5 Å². The van der Waals surface area contributed by atoms with Crippen LogP contribution in [-0.4, -0.2) is 27.2 Å². The van der Waals surface area contributed by atoms with Gasteiger partial charge in [-0.05, 0) is 20.3 Å². The minimum absolute atomic E-state index is 0.459. The van der Waals surface area contributed by atoms with Gasteiger partial charge in [0.05, 0.1) is 13.2 Å². The molecule has 0 saturated carbocycles. The highest BCUT2D eigenvalue weighted by Crippen LogP contribution is 2.48. The second-order valence-electron chi connectivity index (χ2n) is 2.52. The molecule has 0 aromatic rings. The molecular weight excluding hydrogens is 174 g/mol. The molecule has 0 aromatic heterocycles. The fourth-order valence-corrected chi connectivity index (χ4v) is 2.73. The largest absolute Gasteiger partial charge is 0.330 e. The summed E-state index contributed by atoms with van der Waals surface area (Å²) in [5, 5.41) is 0. The Balaban J connectivity index is 3.90. The van der Waals surface area contributed by atoms with E-state index >= 15 is 0 Å². The molecule has 0 saturated heterocycles. The average Bonchev–Trinajstić information content (AvgIpc) is 2.02. The van der Waals surface area contributed by atoms with E-state index in [1.54, 1.807) is 0 Å². The van der Waals surface area contributed by atoms with Crippen LogP contribution in [0.2, 0.25) is 6.32 Å². The van der Waals surface area contributed by atoms with Crippen molar-refractivity contribution in [3.8, 4) is 0 Å². The molecule has 0 heterocycles. The van der Waals surface area contributed by atoms with Gasteiger partial charge < -0.3 is 9.05 Å². The quantitative estimate of drug-likeness (QED) is 0.454. The van der Waals surface area contributed by atoms with E-state index < -0.39 is 7.60 Å². The molecule has 0 radical (unpaired) electrons. The minimum atomic E-state index is -2.74. The lowest BCUT2D eigenvalue weighted by Crippen LogP contribution is -1.99. The van der Waals surface area contributed by atoms with E-state index in [0.717, 1.165) is 12.7 Å². The van der Waals surface area contributed by atoms with E-state index in [2.05, 4.69) is 7.85 Å². The van der Waals surface area contributed by atoms with Crippen LogP contribution >= 0.6 is 7.60 Å². The Bertz CT molecular complexity index is 142. The van der Waals surface area contributed by atoms with Gasteiger partial charge in [-0.3, -0.25) is 4.57 Å². The molecule has 0 atom stereocenters. The Morgan fingerprint density at radius 2 is 1.75 bits per heavy atom. The van der Waals surface area contributed by atoms with Gasteiger partial charge in [-0.1, -0.05) is 6.32 Å². The fourth-order valence-electron chi connectivity index (χ4n) is 0.912. The molecule has 0 aliphatic carbocycles. The van der Waals surface area contributed by atoms with Crippen LogP contribution < -0.4 is 0 Å². The van der Waals surface area contributed by atoms with E-state index in [1.165, 1.54) is 0 Å². The molecule has 0 bridgehead atoms. The summed E-state index contributed by atoms with van der Waals surface area (Å²) in [5.41, 5.74) is 0. The van der Waals surface area contributed by atoms with E-state index in [1.807, 2.05) is 13.8 Å². The smallest absolute Gasteiger partial charge is 0.309 e. The van der Waals surface area contributed by atoms with Crippen LogP contribution in [-0.2, 0) is 13.6 Å². The van der Waals surface area contributed by atoms with Crippen molar-refractivity contribution in [2.45, 2.75) is 26.6 Å². The summed E-state index contributed by atoms with van der Waals surface area (Å²) in [6, 6.07) is 0. The highest BCUT2D eigenvalue weighted by molar-refractivity contribution is 7.53. The Kier molecular flexibility index (Phi) is 6.82. The molecule has 12 heavy (non-hydrogen) atoms. The average molecular weight is 192 g/mol. The molecule has 3 nitrogen and oxygen atoms in total. The highest BCUT2D eigenvalue weighted by Gasteiger charge is 2.21. The van der Waals surface area contributed by atoms with Crippen molar-refractivity contribution in [1.82, 2.24) is 0 Å². The van der Waals surface area contributed by atoms with Gasteiger partial charge in [0.1, 0.15) is 7.85 Å². The summed E-state index contributed by atoms with van der Waals surface area (Å²) in [6.07, 6.45) is 2.46. The Morgan fingerprint density at radius 3 is 2.08 bits per heavy atom. The van der Waals surface area contributed by atoms with Crippen molar-refractivity contribution in [1.29, 1.82) is 0 Å². The molecule has 0 fully saturated rings. The van der Waals surface area contributed by atoms with E-state index in [-0.39, 0.29) is 0 Å². The van der Waals surface area contributed by atoms with Crippen LogP contribution in [0.25, 0.3) is 0 Å². The standard InChI is InChI=1S/C7H18BO3P/c1-3-10-12(9,11-4-2)7-5-6-8/h3-8H2,1-2H3. The zero-order valence-corrected chi connectivity index (χ0v) is 9.10. The normalized spacial score (nSPS) is 11.8. The SMILES string of the molecule is BCCCP(=O)(OCC)OCC. The maximum absolute atomic E-state index is 11.7. The first-order valence-corrected chi connectivity index (χ1v) is 6.29. The second kappa shape index (κ2) is 6.70. The number of hydrogen-bond donors (Lipinski definition) is 0. The predicted molar refractivity (Wildman–Crippen MR) is 53.7 cm³/mol. The van der Waals surface area contributed by atoms with Gasteiger partial charge in [0.2, 0.25) is 0 Å². The molecule has 5 heteroatoms. The van der Waals surface area contributed by atoms with E-state index in [4.69, 9.17) is 9.05 Å². The Labute approximate surface area is 75.8 Å². The molecule has 0 unspecified atom stereocenters. The van der Waals surface area contributed by atoms with Crippen molar-refractivity contribution in [2.75, 3.05) is 19.4 Å². The summed E-state index contributed by atoms with van der Waals surface area (Å²) in [4.78, 5) is 0. The van der Waals surface area contributed by atoms with Gasteiger partial charge in [-0.15, -0.1) is 0 Å². The van der Waals surface area contributed by atoms with Crippen molar-refractivity contribution in [2.24, 2.45) is 0 Å². The van der Waals surface area contributed by atoms with Crippen LogP contribution in [0.1, 0.15) is 20.3 Å². The molecule has 0 spiro atoms. The van der Waals surface area contributed by atoms with Gasteiger partial charge in [0.25, 0.3) is 0 Å². The fraction of sp³-hybridized carbons (Fsp3) is 1.00. The number of rotatable bonds is 7. The maximum Gasteiger partial charge on any atom is 0.330 e. The summed E-state index contributed by atoms with van der Waals surface area (Å²) in [6.45, 7) is 4.58. The van der Waals surface area contributed by atoms with E-state index in [9.17, 15) is 4.57 Å². The van der Waals surface area contributed by atoms with Crippen LogP contribution in [0.3, 0.4) is 0 Å². The lowest BCUT2D eigenvalue weighted by molar-refractivity contribution is 0.220. The van der Waals surface area contributed by atoms with Crippen LogP contribution in [0.4, 0.5) is 0 Å². The zero-order valence-electron chi connectivity index (χ0n) is 8.21. The predicted octanol–water partition coefficient (Wildman–Crippen LogP) is 1.69. The third-order valence-corrected chi connectivity index (χ3v) is 3.60. The maximum atomic E-state index is 11.7. The van der Waals surface area contributed by atoms with Gasteiger partial charge in [-0.2, -0.15) is 0 Å². The van der Waals surface area contributed by atoms with Gasteiger partial charge in [-0.25, -0.2) is 0 Å². The summed E-state index contributed by atoms with van der Waals surface area (Å²) >= 11 is 0. The Hall–Kier alpha value is 0.215. The van der Waals surface area contributed by atoms with Crippen LogP contribution in [0, 0.1) is 0 Å². The molecule has 72 valence electrons. The zero-order chi connectivity index (χ0) is 9.45. The van der Waals surface area contributed by atoms with E-state index in [0.29, 0.717) is 19.4 Å². The molecule has 0 rings (SSSR count). The van der Waals surface area contributed by atoms with Crippen molar-refractivity contribution < 1.29 is 13.6 Å². The molecule has 0 aliphatic rings. The van der Waals surface area contributed by atoms with Crippen molar-refractivity contribution >= 4 is 15.4 Å². The Morgan fingerprint density at radius 1 is 1.25 bits per heavy atom. The highest BCUT2D eigenvalue weighted by atomic mass is 31.2. The summed E-state index contributed by atoms with van der Waals surface area (Å²) < 4.78 is 21.9. The molecule has 0 N–H and O–H groups in total. The summed E-state index contributed by atoms with van der Waals surface area (Å²) in [7, 11) is -0.678. The first-order chi connectivity index (χ1) is 5.68. The van der Waals surface area contributed by atoms with Crippen LogP contribution in [0.15, 0.2) is 0 Å². The molecular formula is C7H18BO3P. The van der Waals surface area contributed by atoms with Crippen molar-refractivity contribution in [3.05, 3.63) is 0 Å². The van der Waals surface area contributed by atoms with Gasteiger partial charge in [0, 0.05) is 6.16 Å². The van der Waals surface area contributed by atoms with Crippen molar-refractivity contribution in [3.63, 3.8) is 0 Å². The first-order valence-electron chi connectivity index (χ1n) is 4.56. The third-order valence-electron chi connectivity index (χ3n) is 1.44. The second-order valence-corrected chi connectivity index (χ2v) is 4.71. The lowest BCUT2D eigenvalue weighted by Gasteiger charge is -2.16. The molecule has 0 aromatic carbocycles. The lowest BCUT2D eigenvalue weighted by atomic mass is 10.0. The van der Waals surface area contributed by atoms with Gasteiger partial charge in [0.15, 0.2) is 0 Å². The number of hydrogen-bond acceptors (Lipinski definition) is 3. The summed E-state index contributed by atoms with van der Waals surface area (Å²) in [5.74, 6) is 0. The monoisotopic (exact) mass is 192 g/mol. The molecule has 0 amide bonds.